The third-order valence-corrected chi connectivity index (χ3v) is 3.34. The zero-order chi connectivity index (χ0) is 12.0. The molecule has 1 atom stereocenters. The van der Waals surface area contributed by atoms with E-state index in [4.69, 9.17) is 10.5 Å². The first-order valence-corrected chi connectivity index (χ1v) is 5.87. The van der Waals surface area contributed by atoms with Crippen LogP contribution in [0.15, 0.2) is 0 Å². The van der Waals surface area contributed by atoms with Gasteiger partial charge < -0.3 is 20.7 Å². The lowest BCUT2D eigenvalue weighted by molar-refractivity contribution is -0.124. The number of nitrogens with zero attached hydrogens (tertiary/aromatic N) is 1. The van der Waals surface area contributed by atoms with E-state index in [1.165, 1.54) is 0 Å². The predicted molar refractivity (Wildman–Crippen MR) is 63.2 cm³/mol. The van der Waals surface area contributed by atoms with Gasteiger partial charge in [0.2, 0.25) is 5.91 Å². The van der Waals surface area contributed by atoms with Crippen LogP contribution in [0, 0.1) is 0 Å². The SMILES string of the molecule is CNC(C)(CCN1CCCOCC1)C(N)=O. The van der Waals surface area contributed by atoms with Crippen LogP contribution in [0.4, 0.5) is 0 Å². The molecular formula is C11H23N3O2. The minimum atomic E-state index is -0.604. The van der Waals surface area contributed by atoms with Gasteiger partial charge in [-0.2, -0.15) is 0 Å². The van der Waals surface area contributed by atoms with Crippen molar-refractivity contribution < 1.29 is 9.53 Å². The van der Waals surface area contributed by atoms with Gasteiger partial charge in [-0.15, -0.1) is 0 Å². The number of nitrogens with two attached hydrogens (primary N) is 1. The second-order valence-electron chi connectivity index (χ2n) is 4.50. The van der Waals surface area contributed by atoms with Crippen LogP contribution >= 0.6 is 0 Å². The molecule has 0 aromatic rings. The van der Waals surface area contributed by atoms with Crippen LogP contribution in [0.5, 0.6) is 0 Å². The van der Waals surface area contributed by atoms with E-state index in [1.807, 2.05) is 6.92 Å². The molecule has 1 rings (SSSR count). The first kappa shape index (κ1) is 13.4. The Morgan fingerprint density at radius 1 is 1.50 bits per heavy atom. The van der Waals surface area contributed by atoms with Gasteiger partial charge in [-0.1, -0.05) is 0 Å². The summed E-state index contributed by atoms with van der Waals surface area (Å²) in [4.78, 5) is 13.6. The van der Waals surface area contributed by atoms with Crippen molar-refractivity contribution in [3.63, 3.8) is 0 Å². The zero-order valence-electron chi connectivity index (χ0n) is 10.3. The molecule has 0 saturated carbocycles. The lowest BCUT2D eigenvalue weighted by Gasteiger charge is -2.29. The number of hydrogen-bond acceptors (Lipinski definition) is 4. The number of carbonyl (C=O) groups excluding carboxylic acids is 1. The van der Waals surface area contributed by atoms with Crippen LogP contribution in [-0.2, 0) is 9.53 Å². The summed E-state index contributed by atoms with van der Waals surface area (Å²) in [5.41, 5.74) is 4.78. The smallest absolute Gasteiger partial charge is 0.237 e. The van der Waals surface area contributed by atoms with E-state index >= 15 is 0 Å². The molecule has 0 aromatic heterocycles. The topological polar surface area (TPSA) is 67.6 Å². The molecule has 5 heteroatoms. The molecular weight excluding hydrogens is 206 g/mol. The van der Waals surface area contributed by atoms with Crippen molar-refractivity contribution in [3.8, 4) is 0 Å². The van der Waals surface area contributed by atoms with Crippen LogP contribution in [0.2, 0.25) is 0 Å². The summed E-state index contributed by atoms with van der Waals surface area (Å²) in [6, 6.07) is 0. The summed E-state index contributed by atoms with van der Waals surface area (Å²) < 4.78 is 5.38. The highest BCUT2D eigenvalue weighted by molar-refractivity contribution is 5.84. The Morgan fingerprint density at radius 3 is 2.88 bits per heavy atom. The van der Waals surface area contributed by atoms with Crippen LogP contribution in [-0.4, -0.2) is 56.2 Å². The number of likely N-dealkylation sites (N-methyl/N-ethyl adjacent to an activating group) is 1. The standard InChI is InChI=1S/C11H23N3O2/c1-11(13-2,10(12)15)4-6-14-5-3-8-16-9-7-14/h13H,3-9H2,1-2H3,(H2,12,15). The molecule has 1 unspecified atom stereocenters. The number of nitrogens with one attached hydrogen (secondary N) is 1. The van der Waals surface area contributed by atoms with Crippen molar-refractivity contribution in [1.82, 2.24) is 10.2 Å². The summed E-state index contributed by atoms with van der Waals surface area (Å²) in [6.45, 7) is 6.34. The molecule has 1 aliphatic rings. The maximum absolute atomic E-state index is 11.3. The van der Waals surface area contributed by atoms with E-state index in [9.17, 15) is 4.79 Å². The highest BCUT2D eigenvalue weighted by atomic mass is 16.5. The highest BCUT2D eigenvalue weighted by Gasteiger charge is 2.29. The minimum Gasteiger partial charge on any atom is -0.380 e. The highest BCUT2D eigenvalue weighted by Crippen LogP contribution is 2.10. The Kier molecular flexibility index (Phi) is 5.18. The van der Waals surface area contributed by atoms with Gasteiger partial charge in [0.05, 0.1) is 12.1 Å². The van der Waals surface area contributed by atoms with Gasteiger partial charge >= 0.3 is 0 Å². The molecule has 0 aliphatic carbocycles. The monoisotopic (exact) mass is 229 g/mol. The number of ether oxygens (including phenoxy) is 1. The third kappa shape index (κ3) is 3.73. The Labute approximate surface area is 97.3 Å². The fourth-order valence-corrected chi connectivity index (χ4v) is 1.77. The van der Waals surface area contributed by atoms with E-state index in [1.54, 1.807) is 7.05 Å². The fourth-order valence-electron chi connectivity index (χ4n) is 1.77. The number of rotatable bonds is 5. The normalized spacial score (nSPS) is 22.4. The van der Waals surface area contributed by atoms with Crippen LogP contribution < -0.4 is 11.1 Å². The van der Waals surface area contributed by atoms with Crippen molar-refractivity contribution in [1.29, 1.82) is 0 Å². The lowest BCUT2D eigenvalue weighted by atomic mass is 9.97. The van der Waals surface area contributed by atoms with Crippen LogP contribution in [0.25, 0.3) is 0 Å². The summed E-state index contributed by atoms with van der Waals surface area (Å²) >= 11 is 0. The molecule has 1 heterocycles. The summed E-state index contributed by atoms with van der Waals surface area (Å²) in [7, 11) is 1.77. The van der Waals surface area contributed by atoms with Crippen molar-refractivity contribution in [2.24, 2.45) is 5.73 Å². The fraction of sp³-hybridized carbons (Fsp3) is 0.909. The first-order chi connectivity index (χ1) is 7.58. The average Bonchev–Trinajstić information content (AvgIpc) is 2.54. The Balaban J connectivity index is 2.39. The Bertz CT molecular complexity index is 227. The molecule has 1 saturated heterocycles. The molecule has 1 fully saturated rings. The largest absolute Gasteiger partial charge is 0.380 e. The van der Waals surface area contributed by atoms with Gasteiger partial charge in [-0.05, 0) is 26.8 Å². The van der Waals surface area contributed by atoms with Crippen molar-refractivity contribution in [2.45, 2.75) is 25.3 Å². The van der Waals surface area contributed by atoms with Gasteiger partial charge in [0, 0.05) is 26.2 Å². The third-order valence-electron chi connectivity index (χ3n) is 3.34. The van der Waals surface area contributed by atoms with Gasteiger partial charge in [0.15, 0.2) is 0 Å². The van der Waals surface area contributed by atoms with Crippen molar-refractivity contribution in [2.75, 3.05) is 39.9 Å². The number of amides is 1. The van der Waals surface area contributed by atoms with Crippen LogP contribution in [0.3, 0.4) is 0 Å². The molecule has 94 valence electrons. The van der Waals surface area contributed by atoms with Gasteiger partial charge in [0.25, 0.3) is 0 Å². The quantitative estimate of drug-likeness (QED) is 0.671. The number of primary amides is 1. The van der Waals surface area contributed by atoms with E-state index in [-0.39, 0.29) is 5.91 Å². The lowest BCUT2D eigenvalue weighted by Crippen LogP contribution is -2.53. The van der Waals surface area contributed by atoms with Crippen LogP contribution in [0.1, 0.15) is 19.8 Å². The summed E-state index contributed by atoms with van der Waals surface area (Å²) in [6.07, 6.45) is 1.80. The van der Waals surface area contributed by atoms with Crippen molar-refractivity contribution >= 4 is 5.91 Å². The maximum Gasteiger partial charge on any atom is 0.237 e. The Morgan fingerprint density at radius 2 is 2.25 bits per heavy atom. The molecule has 1 aliphatic heterocycles. The average molecular weight is 229 g/mol. The van der Waals surface area contributed by atoms with E-state index < -0.39 is 5.54 Å². The van der Waals surface area contributed by atoms with E-state index in [0.717, 1.165) is 45.7 Å². The predicted octanol–water partition coefficient (Wildman–Crippen LogP) is -0.438. The summed E-state index contributed by atoms with van der Waals surface area (Å²) in [5, 5.41) is 3.00. The molecule has 1 amide bonds. The molecule has 3 N–H and O–H groups in total. The van der Waals surface area contributed by atoms with Gasteiger partial charge in [0.1, 0.15) is 0 Å². The van der Waals surface area contributed by atoms with Gasteiger partial charge in [-0.25, -0.2) is 0 Å². The molecule has 0 bridgehead atoms. The summed E-state index contributed by atoms with van der Waals surface area (Å²) in [5.74, 6) is -0.291. The maximum atomic E-state index is 11.3. The molecule has 16 heavy (non-hydrogen) atoms. The van der Waals surface area contributed by atoms with E-state index in [0.29, 0.717) is 0 Å². The molecule has 5 nitrogen and oxygen atoms in total. The molecule has 0 radical (unpaired) electrons. The second-order valence-corrected chi connectivity index (χ2v) is 4.50. The second kappa shape index (κ2) is 6.18. The van der Waals surface area contributed by atoms with Crippen molar-refractivity contribution in [3.05, 3.63) is 0 Å². The zero-order valence-corrected chi connectivity index (χ0v) is 10.3. The number of hydrogen-bond donors (Lipinski definition) is 2. The molecule has 0 aromatic carbocycles. The minimum absolute atomic E-state index is 0.291. The van der Waals surface area contributed by atoms with Gasteiger partial charge in [-0.3, -0.25) is 4.79 Å². The van der Waals surface area contributed by atoms with E-state index in [2.05, 4.69) is 10.2 Å². The molecule has 0 spiro atoms. The Hall–Kier alpha value is -0.650. The first-order valence-electron chi connectivity index (χ1n) is 5.87. The number of carbonyl (C=O) groups is 1.